The molecule has 100 valence electrons. The van der Waals surface area contributed by atoms with E-state index in [1.807, 2.05) is 44.2 Å². The SMILES string of the molecule is C[C@H](N)[C@@H](OCc1ccccc1)[C@H](C)CC(=O)O. The van der Waals surface area contributed by atoms with E-state index in [-0.39, 0.29) is 24.5 Å². The summed E-state index contributed by atoms with van der Waals surface area (Å²) in [6, 6.07) is 9.59. The number of hydrogen-bond acceptors (Lipinski definition) is 3. The van der Waals surface area contributed by atoms with Crippen LogP contribution in [0, 0.1) is 5.92 Å². The highest BCUT2D eigenvalue weighted by Crippen LogP contribution is 2.16. The molecule has 4 heteroatoms. The number of nitrogens with two attached hydrogens (primary N) is 1. The molecule has 0 aliphatic rings. The predicted octanol–water partition coefficient (Wildman–Crippen LogP) is 2.03. The molecule has 3 N–H and O–H groups in total. The van der Waals surface area contributed by atoms with Crippen molar-refractivity contribution in [1.29, 1.82) is 0 Å². The van der Waals surface area contributed by atoms with Crippen LogP contribution in [0.4, 0.5) is 0 Å². The molecular weight excluding hydrogens is 230 g/mol. The second-order valence-electron chi connectivity index (χ2n) is 4.70. The third-order valence-corrected chi connectivity index (χ3v) is 2.86. The fourth-order valence-corrected chi connectivity index (χ4v) is 1.99. The highest BCUT2D eigenvalue weighted by Gasteiger charge is 2.24. The first-order chi connectivity index (χ1) is 8.50. The molecule has 1 aromatic carbocycles. The van der Waals surface area contributed by atoms with Gasteiger partial charge in [-0.3, -0.25) is 4.79 Å². The van der Waals surface area contributed by atoms with E-state index in [0.717, 1.165) is 5.56 Å². The highest BCUT2D eigenvalue weighted by molar-refractivity contribution is 5.67. The molecule has 0 radical (unpaired) electrons. The summed E-state index contributed by atoms with van der Waals surface area (Å²) in [6.07, 6.45) is -0.178. The minimum Gasteiger partial charge on any atom is -0.481 e. The molecule has 0 aliphatic heterocycles. The second-order valence-corrected chi connectivity index (χ2v) is 4.70. The lowest BCUT2D eigenvalue weighted by atomic mass is 9.96. The molecule has 0 bridgehead atoms. The van der Waals surface area contributed by atoms with E-state index in [4.69, 9.17) is 15.6 Å². The van der Waals surface area contributed by atoms with Crippen LogP contribution in [0.25, 0.3) is 0 Å². The van der Waals surface area contributed by atoms with E-state index in [1.165, 1.54) is 0 Å². The predicted molar refractivity (Wildman–Crippen MR) is 70.1 cm³/mol. The van der Waals surface area contributed by atoms with E-state index >= 15 is 0 Å². The van der Waals surface area contributed by atoms with Gasteiger partial charge in [0.1, 0.15) is 0 Å². The summed E-state index contributed by atoms with van der Waals surface area (Å²) in [5.74, 6) is -0.928. The standard InChI is InChI=1S/C14H21NO3/c1-10(8-13(16)17)14(11(2)15)18-9-12-6-4-3-5-7-12/h3-7,10-11,14H,8-9,15H2,1-2H3,(H,16,17)/t10-,11+,14+/m1/s1. The summed E-state index contributed by atoms with van der Waals surface area (Å²) >= 11 is 0. The Balaban J connectivity index is 2.55. The maximum absolute atomic E-state index is 10.7. The summed E-state index contributed by atoms with van der Waals surface area (Å²) < 4.78 is 5.76. The van der Waals surface area contributed by atoms with Gasteiger partial charge in [-0.25, -0.2) is 0 Å². The lowest BCUT2D eigenvalue weighted by Gasteiger charge is -2.26. The fourth-order valence-electron chi connectivity index (χ4n) is 1.99. The van der Waals surface area contributed by atoms with Crippen LogP contribution >= 0.6 is 0 Å². The van der Waals surface area contributed by atoms with Gasteiger partial charge in [0.25, 0.3) is 0 Å². The van der Waals surface area contributed by atoms with E-state index < -0.39 is 5.97 Å². The largest absolute Gasteiger partial charge is 0.481 e. The van der Waals surface area contributed by atoms with Gasteiger partial charge >= 0.3 is 5.97 Å². The molecule has 0 unspecified atom stereocenters. The van der Waals surface area contributed by atoms with Crippen molar-refractivity contribution in [3.8, 4) is 0 Å². The zero-order valence-corrected chi connectivity index (χ0v) is 10.9. The second kappa shape index (κ2) is 7.13. The van der Waals surface area contributed by atoms with Crippen LogP contribution in [-0.2, 0) is 16.1 Å². The molecule has 1 aromatic rings. The van der Waals surface area contributed by atoms with Crippen molar-refractivity contribution < 1.29 is 14.6 Å². The monoisotopic (exact) mass is 251 g/mol. The molecule has 0 heterocycles. The lowest BCUT2D eigenvalue weighted by Crippen LogP contribution is -2.39. The molecule has 0 saturated heterocycles. The molecule has 0 aliphatic carbocycles. The highest BCUT2D eigenvalue weighted by atomic mass is 16.5. The smallest absolute Gasteiger partial charge is 0.303 e. The van der Waals surface area contributed by atoms with Crippen molar-refractivity contribution in [2.75, 3.05) is 0 Å². The molecule has 18 heavy (non-hydrogen) atoms. The van der Waals surface area contributed by atoms with Crippen LogP contribution in [0.15, 0.2) is 30.3 Å². The Kier molecular flexibility index (Phi) is 5.82. The first-order valence-electron chi connectivity index (χ1n) is 6.13. The Morgan fingerprint density at radius 3 is 2.44 bits per heavy atom. The first kappa shape index (κ1) is 14.7. The molecule has 0 spiro atoms. The van der Waals surface area contributed by atoms with E-state index in [0.29, 0.717) is 6.61 Å². The van der Waals surface area contributed by atoms with Gasteiger partial charge < -0.3 is 15.6 Å². The van der Waals surface area contributed by atoms with Crippen molar-refractivity contribution in [3.63, 3.8) is 0 Å². The van der Waals surface area contributed by atoms with Crippen LogP contribution in [0.5, 0.6) is 0 Å². The summed E-state index contributed by atoms with van der Waals surface area (Å²) in [5.41, 5.74) is 6.92. The Bertz CT molecular complexity index is 365. The van der Waals surface area contributed by atoms with Gasteiger partial charge in [-0.05, 0) is 18.4 Å². The number of hydrogen-bond donors (Lipinski definition) is 2. The minimum atomic E-state index is -0.823. The van der Waals surface area contributed by atoms with Gasteiger partial charge in [-0.15, -0.1) is 0 Å². The average Bonchev–Trinajstić information content (AvgIpc) is 2.29. The van der Waals surface area contributed by atoms with Crippen molar-refractivity contribution in [2.45, 2.75) is 39.0 Å². The molecule has 0 amide bonds. The average molecular weight is 251 g/mol. The van der Waals surface area contributed by atoms with Crippen LogP contribution in [0.1, 0.15) is 25.8 Å². The minimum absolute atomic E-state index is 0.0704. The maximum atomic E-state index is 10.7. The topological polar surface area (TPSA) is 72.5 Å². The third kappa shape index (κ3) is 4.85. The Morgan fingerprint density at radius 2 is 1.94 bits per heavy atom. The Hall–Kier alpha value is -1.39. The van der Waals surface area contributed by atoms with Crippen LogP contribution in [0.3, 0.4) is 0 Å². The van der Waals surface area contributed by atoms with Crippen LogP contribution < -0.4 is 5.73 Å². The van der Waals surface area contributed by atoms with E-state index in [1.54, 1.807) is 0 Å². The number of carbonyl (C=O) groups is 1. The summed E-state index contributed by atoms with van der Waals surface area (Å²) in [4.78, 5) is 10.7. The summed E-state index contributed by atoms with van der Waals surface area (Å²) in [5, 5.41) is 8.80. The molecular formula is C14H21NO3. The van der Waals surface area contributed by atoms with Crippen LogP contribution in [-0.4, -0.2) is 23.2 Å². The van der Waals surface area contributed by atoms with Gasteiger partial charge in [0.2, 0.25) is 0 Å². The van der Waals surface area contributed by atoms with Crippen molar-refractivity contribution in [1.82, 2.24) is 0 Å². The van der Waals surface area contributed by atoms with Crippen LogP contribution in [0.2, 0.25) is 0 Å². The lowest BCUT2D eigenvalue weighted by molar-refractivity contribution is -0.139. The molecule has 0 fully saturated rings. The van der Waals surface area contributed by atoms with Gasteiger partial charge in [0, 0.05) is 6.04 Å². The number of carboxylic acids is 1. The van der Waals surface area contributed by atoms with Gasteiger partial charge in [0.05, 0.1) is 19.1 Å². The van der Waals surface area contributed by atoms with E-state index in [2.05, 4.69) is 0 Å². The Labute approximate surface area is 108 Å². The molecule has 0 aromatic heterocycles. The molecule has 0 saturated carbocycles. The number of ether oxygens (including phenoxy) is 1. The quantitative estimate of drug-likeness (QED) is 0.777. The first-order valence-corrected chi connectivity index (χ1v) is 6.13. The van der Waals surface area contributed by atoms with Crippen molar-refractivity contribution >= 4 is 5.97 Å². The molecule has 3 atom stereocenters. The number of carboxylic acid groups (broad SMARTS) is 1. The zero-order chi connectivity index (χ0) is 13.5. The van der Waals surface area contributed by atoms with Crippen molar-refractivity contribution in [3.05, 3.63) is 35.9 Å². The fraction of sp³-hybridized carbons (Fsp3) is 0.500. The number of rotatable bonds is 7. The molecule has 4 nitrogen and oxygen atoms in total. The summed E-state index contributed by atoms with van der Waals surface area (Å²) in [6.45, 7) is 4.15. The van der Waals surface area contributed by atoms with Gasteiger partial charge in [0.15, 0.2) is 0 Å². The maximum Gasteiger partial charge on any atom is 0.303 e. The van der Waals surface area contributed by atoms with Crippen molar-refractivity contribution in [2.24, 2.45) is 11.7 Å². The zero-order valence-electron chi connectivity index (χ0n) is 10.9. The number of benzene rings is 1. The van der Waals surface area contributed by atoms with E-state index in [9.17, 15) is 4.79 Å². The third-order valence-electron chi connectivity index (χ3n) is 2.86. The molecule has 1 rings (SSSR count). The normalized spacial score (nSPS) is 15.9. The number of aliphatic carboxylic acids is 1. The van der Waals surface area contributed by atoms with Gasteiger partial charge in [-0.1, -0.05) is 37.3 Å². The summed E-state index contributed by atoms with van der Waals surface area (Å²) in [7, 11) is 0. The van der Waals surface area contributed by atoms with Gasteiger partial charge in [-0.2, -0.15) is 0 Å². The Morgan fingerprint density at radius 1 is 1.33 bits per heavy atom.